The van der Waals surface area contributed by atoms with E-state index in [4.69, 9.17) is 14.2 Å². The number of methoxy groups -OCH3 is 2. The van der Waals surface area contributed by atoms with Gasteiger partial charge in [-0.2, -0.15) is 5.10 Å². The predicted octanol–water partition coefficient (Wildman–Crippen LogP) is 3.18. The second-order valence-corrected chi connectivity index (χ2v) is 8.40. The molecule has 9 nitrogen and oxygen atoms in total. The van der Waals surface area contributed by atoms with Gasteiger partial charge in [-0.3, -0.25) is 4.68 Å². The van der Waals surface area contributed by atoms with Crippen LogP contribution in [-0.2, 0) is 4.74 Å². The van der Waals surface area contributed by atoms with Gasteiger partial charge in [-0.25, -0.2) is 9.59 Å². The number of aromatic carboxylic acids is 1. The number of aromatic nitrogens is 2. The summed E-state index contributed by atoms with van der Waals surface area (Å²) >= 11 is 0. The number of ether oxygens (including phenoxy) is 3. The fourth-order valence-electron chi connectivity index (χ4n) is 3.29. The number of carbonyl (C=O) groups excluding carboxylic acids is 1. The first-order chi connectivity index (χ1) is 15.1. The Morgan fingerprint density at radius 1 is 1.12 bits per heavy atom. The number of rotatable bonds is 4. The highest BCUT2D eigenvalue weighted by molar-refractivity contribution is 5.89. The molecule has 1 aliphatic rings. The number of hydrogen-bond donors (Lipinski definition) is 1. The van der Waals surface area contributed by atoms with E-state index in [1.807, 2.05) is 20.8 Å². The molecule has 1 unspecified atom stereocenters. The van der Waals surface area contributed by atoms with Crippen molar-refractivity contribution in [2.75, 3.05) is 27.3 Å². The Hall–Kier alpha value is -3.67. The zero-order chi connectivity index (χ0) is 23.5. The van der Waals surface area contributed by atoms with Crippen LogP contribution in [0.1, 0.15) is 54.8 Å². The lowest BCUT2D eigenvalue weighted by Gasteiger charge is -2.24. The number of likely N-dealkylation sites (tertiary alicyclic amines) is 1. The molecular formula is C23H27N3O6. The van der Waals surface area contributed by atoms with Gasteiger partial charge in [-0.15, -0.1) is 0 Å². The van der Waals surface area contributed by atoms with Gasteiger partial charge in [0.1, 0.15) is 28.4 Å². The fraction of sp³-hybridized carbons (Fsp3) is 0.435. The third-order valence-corrected chi connectivity index (χ3v) is 4.83. The second kappa shape index (κ2) is 9.22. The molecule has 1 aromatic carbocycles. The number of amides is 1. The number of nitrogens with zero attached hydrogens (tertiary/aromatic N) is 3. The summed E-state index contributed by atoms with van der Waals surface area (Å²) in [6.07, 6.45) is 1.71. The van der Waals surface area contributed by atoms with E-state index in [0.29, 0.717) is 36.6 Å². The van der Waals surface area contributed by atoms with Crippen molar-refractivity contribution in [3.63, 3.8) is 0 Å². The van der Waals surface area contributed by atoms with Crippen LogP contribution < -0.4 is 9.47 Å². The van der Waals surface area contributed by atoms with Crippen LogP contribution in [-0.4, -0.2) is 64.8 Å². The smallest absolute Gasteiger partial charge is 0.410 e. The molecule has 1 aliphatic heterocycles. The SMILES string of the molecule is COc1cc(C#Cc2nn(C3CCN(C(=O)OC(C)(C)C)C3)cc2C(=O)O)cc(OC)c1. The van der Waals surface area contributed by atoms with Gasteiger partial charge in [0.15, 0.2) is 0 Å². The molecule has 0 aliphatic carbocycles. The summed E-state index contributed by atoms with van der Waals surface area (Å²) in [5.74, 6) is 5.80. The lowest BCUT2D eigenvalue weighted by Crippen LogP contribution is -2.35. The molecule has 1 amide bonds. The van der Waals surface area contributed by atoms with Gasteiger partial charge >= 0.3 is 12.1 Å². The van der Waals surface area contributed by atoms with Gasteiger partial charge in [-0.05, 0) is 45.2 Å². The molecule has 2 aromatic rings. The standard InChI is InChI=1S/C23H27N3O6/c1-23(2,3)32-22(29)25-9-8-16(13-25)26-14-19(21(27)28)20(24-26)7-6-15-10-17(30-4)12-18(11-15)31-5/h10-12,14,16H,8-9,13H2,1-5H3,(H,27,28). The predicted molar refractivity (Wildman–Crippen MR) is 116 cm³/mol. The minimum atomic E-state index is -1.12. The Labute approximate surface area is 186 Å². The maximum absolute atomic E-state index is 12.3. The van der Waals surface area contributed by atoms with Crippen LogP contribution in [0.3, 0.4) is 0 Å². The van der Waals surface area contributed by atoms with Gasteiger partial charge in [0.05, 0.1) is 20.3 Å². The normalized spacial score (nSPS) is 15.7. The van der Waals surface area contributed by atoms with Crippen LogP contribution >= 0.6 is 0 Å². The summed E-state index contributed by atoms with van der Waals surface area (Å²) in [7, 11) is 3.08. The largest absolute Gasteiger partial charge is 0.497 e. The third-order valence-electron chi connectivity index (χ3n) is 4.83. The molecule has 32 heavy (non-hydrogen) atoms. The van der Waals surface area contributed by atoms with E-state index in [-0.39, 0.29) is 17.3 Å². The Kier molecular flexibility index (Phi) is 6.63. The molecule has 1 N–H and O–H groups in total. The maximum Gasteiger partial charge on any atom is 0.410 e. The van der Waals surface area contributed by atoms with Crippen molar-refractivity contribution in [2.24, 2.45) is 0 Å². The van der Waals surface area contributed by atoms with Crippen molar-refractivity contribution in [1.29, 1.82) is 0 Å². The van der Waals surface area contributed by atoms with E-state index >= 15 is 0 Å². The lowest BCUT2D eigenvalue weighted by molar-refractivity contribution is 0.0288. The number of carboxylic acids is 1. The van der Waals surface area contributed by atoms with Crippen LogP contribution in [0.25, 0.3) is 0 Å². The molecule has 1 fully saturated rings. The topological polar surface area (TPSA) is 103 Å². The highest BCUT2D eigenvalue weighted by atomic mass is 16.6. The Bertz CT molecular complexity index is 1050. The summed E-state index contributed by atoms with van der Waals surface area (Å²) in [6, 6.07) is 5.01. The molecule has 1 atom stereocenters. The second-order valence-electron chi connectivity index (χ2n) is 8.40. The van der Waals surface area contributed by atoms with Crippen molar-refractivity contribution in [1.82, 2.24) is 14.7 Å². The van der Waals surface area contributed by atoms with Gasteiger partial charge in [0, 0.05) is 30.9 Å². The van der Waals surface area contributed by atoms with Crippen molar-refractivity contribution < 1.29 is 28.9 Å². The third kappa shape index (κ3) is 5.52. The highest BCUT2D eigenvalue weighted by Gasteiger charge is 2.32. The summed E-state index contributed by atoms with van der Waals surface area (Å²) < 4.78 is 17.5. The molecular weight excluding hydrogens is 414 g/mol. The van der Waals surface area contributed by atoms with Gasteiger partial charge in [0.25, 0.3) is 0 Å². The quantitative estimate of drug-likeness (QED) is 0.727. The lowest BCUT2D eigenvalue weighted by atomic mass is 10.2. The molecule has 170 valence electrons. The monoisotopic (exact) mass is 441 g/mol. The van der Waals surface area contributed by atoms with Gasteiger partial charge in [0.2, 0.25) is 0 Å². The zero-order valence-electron chi connectivity index (χ0n) is 18.8. The van der Waals surface area contributed by atoms with E-state index in [2.05, 4.69) is 16.9 Å². The highest BCUT2D eigenvalue weighted by Crippen LogP contribution is 2.25. The molecule has 3 rings (SSSR count). The van der Waals surface area contributed by atoms with Crippen molar-refractivity contribution >= 4 is 12.1 Å². The van der Waals surface area contributed by atoms with E-state index in [0.717, 1.165) is 0 Å². The molecule has 0 saturated carbocycles. The zero-order valence-corrected chi connectivity index (χ0v) is 18.8. The Morgan fingerprint density at radius 2 is 1.78 bits per heavy atom. The minimum Gasteiger partial charge on any atom is -0.497 e. The Balaban J connectivity index is 1.83. The number of hydrogen-bond acceptors (Lipinski definition) is 6. The van der Waals surface area contributed by atoms with Crippen molar-refractivity contribution in [3.05, 3.63) is 41.2 Å². The van der Waals surface area contributed by atoms with E-state index in [1.165, 1.54) is 6.20 Å². The van der Waals surface area contributed by atoms with Crippen LogP contribution in [0.15, 0.2) is 24.4 Å². The van der Waals surface area contributed by atoms with Gasteiger partial charge in [-0.1, -0.05) is 5.92 Å². The van der Waals surface area contributed by atoms with Crippen LogP contribution in [0.5, 0.6) is 11.5 Å². The van der Waals surface area contributed by atoms with Crippen molar-refractivity contribution in [3.8, 4) is 23.3 Å². The fourth-order valence-corrected chi connectivity index (χ4v) is 3.29. The minimum absolute atomic E-state index is 0.00285. The number of benzene rings is 1. The van der Waals surface area contributed by atoms with Gasteiger partial charge < -0.3 is 24.2 Å². The first-order valence-corrected chi connectivity index (χ1v) is 10.1. The molecule has 9 heteroatoms. The average molecular weight is 441 g/mol. The number of carboxylic acid groups (broad SMARTS) is 1. The first kappa shape index (κ1) is 23.0. The number of carbonyl (C=O) groups is 2. The maximum atomic E-state index is 12.3. The molecule has 0 spiro atoms. The first-order valence-electron chi connectivity index (χ1n) is 10.1. The average Bonchev–Trinajstić information content (AvgIpc) is 3.38. The molecule has 1 saturated heterocycles. The molecule has 2 heterocycles. The summed E-state index contributed by atoms with van der Waals surface area (Å²) in [4.78, 5) is 25.7. The molecule has 0 radical (unpaired) electrons. The molecule has 0 bridgehead atoms. The van der Waals surface area contributed by atoms with Crippen LogP contribution in [0.2, 0.25) is 0 Å². The van der Waals surface area contributed by atoms with Crippen molar-refractivity contribution in [2.45, 2.75) is 38.8 Å². The van der Waals surface area contributed by atoms with E-state index < -0.39 is 17.7 Å². The van der Waals surface area contributed by atoms with Crippen LogP contribution in [0.4, 0.5) is 4.79 Å². The van der Waals surface area contributed by atoms with E-state index in [1.54, 1.807) is 42.0 Å². The van der Waals surface area contributed by atoms with E-state index in [9.17, 15) is 14.7 Å². The summed E-state index contributed by atoms with van der Waals surface area (Å²) in [5.41, 5.74) is 0.172. The Morgan fingerprint density at radius 3 is 2.34 bits per heavy atom. The summed E-state index contributed by atoms with van der Waals surface area (Å²) in [6.45, 7) is 6.33. The summed E-state index contributed by atoms with van der Waals surface area (Å²) in [5, 5.41) is 14.0. The van der Waals surface area contributed by atoms with Crippen LogP contribution in [0, 0.1) is 11.8 Å². The molecule has 1 aromatic heterocycles.